The highest BCUT2D eigenvalue weighted by Crippen LogP contribution is 2.12. The van der Waals surface area contributed by atoms with E-state index in [1.807, 2.05) is 6.92 Å². The smallest absolute Gasteiger partial charge is 0.239 e. The van der Waals surface area contributed by atoms with E-state index < -0.39 is 0 Å². The maximum Gasteiger partial charge on any atom is 0.239 e. The highest BCUT2D eigenvalue weighted by Gasteiger charge is 2.24. The van der Waals surface area contributed by atoms with Crippen LogP contribution in [0.3, 0.4) is 0 Å². The van der Waals surface area contributed by atoms with Crippen molar-refractivity contribution in [2.75, 3.05) is 33.2 Å². The SMILES string of the molecule is CCNC(=O)CN(C)C(=O)[C@H]1CCCNC1. The van der Waals surface area contributed by atoms with Gasteiger partial charge in [0.15, 0.2) is 0 Å². The molecule has 0 radical (unpaired) electrons. The minimum atomic E-state index is -0.0953. The molecule has 0 spiro atoms. The third-order valence-electron chi connectivity index (χ3n) is 2.78. The predicted molar refractivity (Wildman–Crippen MR) is 61.9 cm³/mol. The second-order valence-corrected chi connectivity index (χ2v) is 4.19. The Morgan fingerprint density at radius 1 is 1.50 bits per heavy atom. The Hall–Kier alpha value is -1.10. The normalized spacial score (nSPS) is 20.2. The van der Waals surface area contributed by atoms with Crippen LogP contribution < -0.4 is 10.6 Å². The minimum absolute atomic E-state index is 0.0353. The number of nitrogens with zero attached hydrogens (tertiary/aromatic N) is 1. The first kappa shape index (κ1) is 13.0. The fourth-order valence-corrected chi connectivity index (χ4v) is 1.92. The number of carbonyl (C=O) groups excluding carboxylic acids is 2. The van der Waals surface area contributed by atoms with Crippen molar-refractivity contribution < 1.29 is 9.59 Å². The molecule has 1 rings (SSSR count). The molecule has 2 N–H and O–H groups in total. The van der Waals surface area contributed by atoms with Crippen molar-refractivity contribution in [2.45, 2.75) is 19.8 Å². The predicted octanol–water partition coefficient (Wildman–Crippen LogP) is -0.419. The highest BCUT2D eigenvalue weighted by molar-refractivity contribution is 5.85. The second kappa shape index (κ2) is 6.48. The molecule has 0 saturated carbocycles. The van der Waals surface area contributed by atoms with Gasteiger partial charge in [0.25, 0.3) is 0 Å². The van der Waals surface area contributed by atoms with E-state index in [4.69, 9.17) is 0 Å². The van der Waals surface area contributed by atoms with E-state index in [1.54, 1.807) is 7.05 Å². The van der Waals surface area contributed by atoms with Gasteiger partial charge >= 0.3 is 0 Å². The lowest BCUT2D eigenvalue weighted by Crippen LogP contribution is -2.45. The maximum absolute atomic E-state index is 11.9. The summed E-state index contributed by atoms with van der Waals surface area (Å²) in [6.07, 6.45) is 1.96. The molecule has 0 aromatic heterocycles. The molecule has 0 bridgehead atoms. The summed E-state index contributed by atoms with van der Waals surface area (Å²) in [6.45, 7) is 4.35. The zero-order valence-electron chi connectivity index (χ0n) is 10.1. The summed E-state index contributed by atoms with van der Waals surface area (Å²) in [4.78, 5) is 24.8. The van der Waals surface area contributed by atoms with Crippen LogP contribution in [-0.4, -0.2) is 49.9 Å². The van der Waals surface area contributed by atoms with Crippen LogP contribution in [0.15, 0.2) is 0 Å². The summed E-state index contributed by atoms with van der Waals surface area (Å²) in [7, 11) is 1.69. The van der Waals surface area contributed by atoms with Gasteiger partial charge in [0.2, 0.25) is 11.8 Å². The van der Waals surface area contributed by atoms with E-state index in [0.29, 0.717) is 6.54 Å². The molecule has 1 aliphatic rings. The number of hydrogen-bond donors (Lipinski definition) is 2. The molecule has 16 heavy (non-hydrogen) atoms. The number of nitrogens with one attached hydrogen (secondary N) is 2. The summed E-state index contributed by atoms with van der Waals surface area (Å²) in [6, 6.07) is 0. The molecule has 2 amide bonds. The molecule has 0 unspecified atom stereocenters. The molecule has 0 aliphatic carbocycles. The number of piperidine rings is 1. The zero-order valence-corrected chi connectivity index (χ0v) is 10.1. The summed E-state index contributed by atoms with van der Waals surface area (Å²) in [5.74, 6) is 0.00810. The van der Waals surface area contributed by atoms with Crippen molar-refractivity contribution >= 4 is 11.8 Å². The zero-order chi connectivity index (χ0) is 12.0. The monoisotopic (exact) mass is 227 g/mol. The average molecular weight is 227 g/mol. The number of hydrogen-bond acceptors (Lipinski definition) is 3. The minimum Gasteiger partial charge on any atom is -0.355 e. The molecule has 1 aliphatic heterocycles. The maximum atomic E-state index is 11.9. The van der Waals surface area contributed by atoms with Crippen molar-refractivity contribution in [3.05, 3.63) is 0 Å². The molecule has 92 valence electrons. The van der Waals surface area contributed by atoms with Crippen LogP contribution in [0, 0.1) is 5.92 Å². The molecule has 1 saturated heterocycles. The van der Waals surface area contributed by atoms with E-state index in [0.717, 1.165) is 25.9 Å². The van der Waals surface area contributed by atoms with Gasteiger partial charge in [-0.1, -0.05) is 0 Å². The highest BCUT2D eigenvalue weighted by atomic mass is 16.2. The molecule has 0 aromatic carbocycles. The van der Waals surface area contributed by atoms with Crippen molar-refractivity contribution in [1.29, 1.82) is 0 Å². The van der Waals surface area contributed by atoms with Gasteiger partial charge in [0, 0.05) is 20.1 Å². The largest absolute Gasteiger partial charge is 0.355 e. The van der Waals surface area contributed by atoms with Crippen molar-refractivity contribution in [1.82, 2.24) is 15.5 Å². The first-order chi connectivity index (χ1) is 7.65. The lowest BCUT2D eigenvalue weighted by Gasteiger charge is -2.26. The molecule has 5 heteroatoms. The summed E-state index contributed by atoms with van der Waals surface area (Å²) in [5.41, 5.74) is 0. The first-order valence-corrected chi connectivity index (χ1v) is 5.87. The summed E-state index contributed by atoms with van der Waals surface area (Å²) >= 11 is 0. The van der Waals surface area contributed by atoms with E-state index in [2.05, 4.69) is 10.6 Å². The van der Waals surface area contributed by atoms with Gasteiger partial charge in [0.1, 0.15) is 0 Å². The summed E-state index contributed by atoms with van der Waals surface area (Å²) in [5, 5.41) is 5.89. The van der Waals surface area contributed by atoms with E-state index in [1.165, 1.54) is 4.90 Å². The molecular weight excluding hydrogens is 206 g/mol. The van der Waals surface area contributed by atoms with E-state index in [9.17, 15) is 9.59 Å². The molecule has 0 aromatic rings. The Labute approximate surface area is 96.6 Å². The quantitative estimate of drug-likeness (QED) is 0.686. The van der Waals surface area contributed by atoms with E-state index in [-0.39, 0.29) is 24.3 Å². The molecule has 5 nitrogen and oxygen atoms in total. The van der Waals surface area contributed by atoms with Crippen LogP contribution >= 0.6 is 0 Å². The lowest BCUT2D eigenvalue weighted by atomic mass is 9.98. The van der Waals surface area contributed by atoms with Gasteiger partial charge in [-0.3, -0.25) is 9.59 Å². The fraction of sp³-hybridized carbons (Fsp3) is 0.818. The Morgan fingerprint density at radius 3 is 2.81 bits per heavy atom. The molecule has 1 atom stereocenters. The first-order valence-electron chi connectivity index (χ1n) is 5.87. The van der Waals surface area contributed by atoms with Crippen LogP contribution in [0.5, 0.6) is 0 Å². The van der Waals surface area contributed by atoms with Crippen molar-refractivity contribution in [3.8, 4) is 0 Å². The molecule has 1 heterocycles. The fourth-order valence-electron chi connectivity index (χ4n) is 1.92. The number of amides is 2. The van der Waals surface area contributed by atoms with E-state index >= 15 is 0 Å². The standard InChI is InChI=1S/C11H21N3O2/c1-3-13-10(15)8-14(2)11(16)9-5-4-6-12-7-9/h9,12H,3-8H2,1-2H3,(H,13,15)/t9-/m0/s1. The number of carbonyl (C=O) groups is 2. The van der Waals surface area contributed by atoms with Gasteiger partial charge in [0.05, 0.1) is 12.5 Å². The van der Waals surface area contributed by atoms with Crippen LogP contribution in [0.2, 0.25) is 0 Å². The third kappa shape index (κ3) is 3.81. The second-order valence-electron chi connectivity index (χ2n) is 4.19. The average Bonchev–Trinajstić information content (AvgIpc) is 2.29. The van der Waals surface area contributed by atoms with Gasteiger partial charge in [-0.25, -0.2) is 0 Å². The van der Waals surface area contributed by atoms with Crippen LogP contribution in [0.4, 0.5) is 0 Å². The van der Waals surface area contributed by atoms with Crippen molar-refractivity contribution in [3.63, 3.8) is 0 Å². The van der Waals surface area contributed by atoms with Crippen LogP contribution in [0.1, 0.15) is 19.8 Å². The number of likely N-dealkylation sites (N-methyl/N-ethyl adjacent to an activating group) is 2. The van der Waals surface area contributed by atoms with Crippen molar-refractivity contribution in [2.24, 2.45) is 5.92 Å². The summed E-state index contributed by atoms with van der Waals surface area (Å²) < 4.78 is 0. The third-order valence-corrected chi connectivity index (χ3v) is 2.78. The Balaban J connectivity index is 2.37. The molecule has 1 fully saturated rings. The number of rotatable bonds is 4. The van der Waals surface area contributed by atoms with Crippen LogP contribution in [-0.2, 0) is 9.59 Å². The van der Waals surface area contributed by atoms with Gasteiger partial charge in [-0.15, -0.1) is 0 Å². The van der Waals surface area contributed by atoms with Crippen LogP contribution in [0.25, 0.3) is 0 Å². The topological polar surface area (TPSA) is 61.4 Å². The Kier molecular flexibility index (Phi) is 5.25. The Bertz CT molecular complexity index is 250. The van der Waals surface area contributed by atoms with Gasteiger partial charge in [-0.2, -0.15) is 0 Å². The Morgan fingerprint density at radius 2 is 2.25 bits per heavy atom. The van der Waals surface area contributed by atoms with Gasteiger partial charge < -0.3 is 15.5 Å². The molecular formula is C11H21N3O2. The van der Waals surface area contributed by atoms with Gasteiger partial charge in [-0.05, 0) is 26.3 Å². The lowest BCUT2D eigenvalue weighted by molar-refractivity contribution is -0.138.